The number of nitrogens with zero attached hydrogens (tertiary/aromatic N) is 3. The Kier molecular flexibility index (Phi) is 3.51. The summed E-state index contributed by atoms with van der Waals surface area (Å²) in [7, 11) is 0. The third-order valence-electron chi connectivity index (χ3n) is 3.78. The van der Waals surface area contributed by atoms with E-state index in [4.69, 9.17) is 0 Å². The highest BCUT2D eigenvalue weighted by Crippen LogP contribution is 2.20. The van der Waals surface area contributed by atoms with Gasteiger partial charge in [-0.1, -0.05) is 30.3 Å². The average Bonchev–Trinajstić information content (AvgIpc) is 3.26. The number of hydrogen-bond donors (Lipinski definition) is 3. The van der Waals surface area contributed by atoms with Crippen molar-refractivity contribution in [2.24, 2.45) is 0 Å². The SMILES string of the molecule is O=C(Cc1c[nH]c2ccccc12)Nc1cccc(-c2nn[nH]n2)c1. The van der Waals surface area contributed by atoms with Crippen molar-refractivity contribution in [2.75, 3.05) is 5.32 Å². The number of fused-ring (bicyclic) bond motifs is 1. The number of anilines is 1. The highest BCUT2D eigenvalue weighted by molar-refractivity contribution is 5.96. The van der Waals surface area contributed by atoms with Crippen LogP contribution in [0.1, 0.15) is 5.56 Å². The van der Waals surface area contributed by atoms with Crippen LogP contribution in [0.5, 0.6) is 0 Å². The van der Waals surface area contributed by atoms with Crippen molar-refractivity contribution >= 4 is 22.5 Å². The van der Waals surface area contributed by atoms with Crippen LogP contribution < -0.4 is 5.32 Å². The maximum atomic E-state index is 12.3. The minimum Gasteiger partial charge on any atom is -0.361 e. The van der Waals surface area contributed by atoms with Crippen LogP contribution >= 0.6 is 0 Å². The molecule has 7 heteroatoms. The van der Waals surface area contributed by atoms with Gasteiger partial charge < -0.3 is 10.3 Å². The van der Waals surface area contributed by atoms with Gasteiger partial charge in [0.1, 0.15) is 0 Å². The summed E-state index contributed by atoms with van der Waals surface area (Å²) in [5.41, 5.74) is 3.48. The Morgan fingerprint density at radius 3 is 2.92 bits per heavy atom. The van der Waals surface area contributed by atoms with Crippen LogP contribution in [-0.4, -0.2) is 31.5 Å². The van der Waals surface area contributed by atoms with Crippen molar-refractivity contribution in [1.82, 2.24) is 25.6 Å². The molecule has 0 aliphatic heterocycles. The van der Waals surface area contributed by atoms with E-state index in [1.165, 1.54) is 0 Å². The number of aromatic amines is 2. The molecule has 0 radical (unpaired) electrons. The van der Waals surface area contributed by atoms with Gasteiger partial charge in [0.05, 0.1) is 6.42 Å². The molecule has 0 bridgehead atoms. The lowest BCUT2D eigenvalue weighted by molar-refractivity contribution is -0.115. The minimum atomic E-state index is -0.0787. The summed E-state index contributed by atoms with van der Waals surface area (Å²) < 4.78 is 0. The number of carbonyl (C=O) groups excluding carboxylic acids is 1. The molecule has 24 heavy (non-hydrogen) atoms. The van der Waals surface area contributed by atoms with E-state index in [0.717, 1.165) is 22.0 Å². The predicted molar refractivity (Wildman–Crippen MR) is 90.2 cm³/mol. The molecular weight excluding hydrogens is 304 g/mol. The molecular formula is C17H14N6O. The number of carbonyl (C=O) groups is 1. The van der Waals surface area contributed by atoms with Gasteiger partial charge in [0.2, 0.25) is 11.7 Å². The van der Waals surface area contributed by atoms with E-state index in [9.17, 15) is 4.79 Å². The van der Waals surface area contributed by atoms with Gasteiger partial charge in [-0.15, -0.1) is 10.2 Å². The van der Waals surface area contributed by atoms with Crippen LogP contribution in [0.3, 0.4) is 0 Å². The first-order chi connectivity index (χ1) is 11.8. The van der Waals surface area contributed by atoms with Gasteiger partial charge >= 0.3 is 0 Å². The van der Waals surface area contributed by atoms with Crippen molar-refractivity contribution in [1.29, 1.82) is 0 Å². The fourth-order valence-corrected chi connectivity index (χ4v) is 2.68. The predicted octanol–water partition coefficient (Wildman–Crippen LogP) is 2.53. The first kappa shape index (κ1) is 14.1. The molecule has 2 heterocycles. The number of benzene rings is 2. The number of para-hydroxylation sites is 1. The van der Waals surface area contributed by atoms with E-state index >= 15 is 0 Å². The Balaban J connectivity index is 1.51. The third kappa shape index (κ3) is 2.74. The lowest BCUT2D eigenvalue weighted by atomic mass is 10.1. The number of amides is 1. The van der Waals surface area contributed by atoms with E-state index in [0.29, 0.717) is 17.9 Å². The molecule has 0 aliphatic rings. The zero-order valence-electron chi connectivity index (χ0n) is 12.7. The molecule has 0 aliphatic carbocycles. The molecule has 2 aromatic carbocycles. The number of tetrazole rings is 1. The molecule has 0 unspecified atom stereocenters. The van der Waals surface area contributed by atoms with Gasteiger partial charge in [-0.2, -0.15) is 5.21 Å². The van der Waals surface area contributed by atoms with E-state index < -0.39 is 0 Å². The summed E-state index contributed by atoms with van der Waals surface area (Å²) in [5.74, 6) is 0.410. The monoisotopic (exact) mass is 318 g/mol. The number of H-pyrrole nitrogens is 2. The van der Waals surface area contributed by atoms with Crippen LogP contribution in [0.2, 0.25) is 0 Å². The summed E-state index contributed by atoms with van der Waals surface area (Å²) in [6.07, 6.45) is 2.18. The van der Waals surface area contributed by atoms with Gasteiger partial charge in [-0.25, -0.2) is 0 Å². The topological polar surface area (TPSA) is 99.4 Å². The van der Waals surface area contributed by atoms with E-state index in [1.54, 1.807) is 0 Å². The Bertz CT molecular complexity index is 989. The summed E-state index contributed by atoms with van der Waals surface area (Å²) in [6.45, 7) is 0. The zero-order chi connectivity index (χ0) is 16.4. The van der Waals surface area contributed by atoms with Crippen molar-refractivity contribution in [3.63, 3.8) is 0 Å². The summed E-state index contributed by atoms with van der Waals surface area (Å²) in [6, 6.07) is 15.3. The van der Waals surface area contributed by atoms with Gasteiger partial charge in [0.25, 0.3) is 0 Å². The number of aromatic nitrogens is 5. The van der Waals surface area contributed by atoms with Crippen molar-refractivity contribution in [3.8, 4) is 11.4 Å². The minimum absolute atomic E-state index is 0.0787. The fraction of sp³-hybridized carbons (Fsp3) is 0.0588. The van der Waals surface area contributed by atoms with E-state index in [-0.39, 0.29) is 5.91 Å². The molecule has 4 rings (SSSR count). The van der Waals surface area contributed by atoms with Crippen LogP contribution in [0.25, 0.3) is 22.3 Å². The van der Waals surface area contributed by atoms with Gasteiger partial charge in [0, 0.05) is 28.4 Å². The Hall–Kier alpha value is -3.48. The highest BCUT2D eigenvalue weighted by Gasteiger charge is 2.10. The number of rotatable bonds is 4. The second-order valence-electron chi connectivity index (χ2n) is 5.40. The molecule has 7 nitrogen and oxygen atoms in total. The first-order valence-corrected chi connectivity index (χ1v) is 7.48. The van der Waals surface area contributed by atoms with Crippen LogP contribution in [0, 0.1) is 0 Å². The normalized spacial score (nSPS) is 10.8. The second-order valence-corrected chi connectivity index (χ2v) is 5.40. The lowest BCUT2D eigenvalue weighted by Crippen LogP contribution is -2.14. The Morgan fingerprint density at radius 2 is 2.04 bits per heavy atom. The molecule has 0 spiro atoms. The van der Waals surface area contributed by atoms with Gasteiger partial charge in [0.15, 0.2) is 0 Å². The smallest absolute Gasteiger partial charge is 0.228 e. The van der Waals surface area contributed by atoms with E-state index in [2.05, 4.69) is 30.9 Å². The largest absolute Gasteiger partial charge is 0.361 e. The molecule has 1 amide bonds. The van der Waals surface area contributed by atoms with Crippen molar-refractivity contribution in [2.45, 2.75) is 6.42 Å². The molecule has 0 saturated carbocycles. The van der Waals surface area contributed by atoms with Gasteiger partial charge in [-0.05, 0) is 29.0 Å². The van der Waals surface area contributed by atoms with Crippen molar-refractivity contribution in [3.05, 3.63) is 60.3 Å². The number of nitrogens with one attached hydrogen (secondary N) is 3. The molecule has 118 valence electrons. The highest BCUT2D eigenvalue weighted by atomic mass is 16.1. The van der Waals surface area contributed by atoms with Crippen LogP contribution in [0.15, 0.2) is 54.7 Å². The zero-order valence-corrected chi connectivity index (χ0v) is 12.7. The molecule has 0 fully saturated rings. The summed E-state index contributed by atoms with van der Waals surface area (Å²) in [5, 5.41) is 17.8. The Labute approximate surface area is 137 Å². The lowest BCUT2D eigenvalue weighted by Gasteiger charge is -2.06. The molecule has 3 N–H and O–H groups in total. The average molecular weight is 318 g/mol. The first-order valence-electron chi connectivity index (χ1n) is 7.48. The molecule has 2 aromatic heterocycles. The fourth-order valence-electron chi connectivity index (χ4n) is 2.68. The van der Waals surface area contributed by atoms with Gasteiger partial charge in [-0.3, -0.25) is 4.79 Å². The van der Waals surface area contributed by atoms with Crippen LogP contribution in [0.4, 0.5) is 5.69 Å². The molecule has 4 aromatic rings. The Morgan fingerprint density at radius 1 is 1.12 bits per heavy atom. The third-order valence-corrected chi connectivity index (χ3v) is 3.78. The summed E-state index contributed by atoms with van der Waals surface area (Å²) >= 11 is 0. The second kappa shape index (κ2) is 5.96. The molecule has 0 saturated heterocycles. The quantitative estimate of drug-likeness (QED) is 0.538. The van der Waals surface area contributed by atoms with E-state index in [1.807, 2.05) is 54.7 Å². The number of hydrogen-bond acceptors (Lipinski definition) is 4. The maximum absolute atomic E-state index is 12.3. The molecule has 0 atom stereocenters. The standard InChI is InChI=1S/C17H14N6O/c24-16(9-12-10-18-15-7-2-1-6-14(12)15)19-13-5-3-4-11(8-13)17-20-22-23-21-17/h1-8,10,18H,9H2,(H,19,24)(H,20,21,22,23). The maximum Gasteiger partial charge on any atom is 0.228 e. The summed E-state index contributed by atoms with van der Waals surface area (Å²) in [4.78, 5) is 15.5. The van der Waals surface area contributed by atoms with Crippen molar-refractivity contribution < 1.29 is 4.79 Å². The van der Waals surface area contributed by atoms with Crippen LogP contribution in [-0.2, 0) is 11.2 Å².